The number of carbonyl (C=O) groups excluding carboxylic acids is 2. The number of phenolic OH excluding ortho intramolecular Hbond substituents is 2. The molecule has 0 saturated carbocycles. The first kappa shape index (κ1) is 17.1. The molecule has 6 heteroatoms. The molecule has 0 aliphatic carbocycles. The number of nitrogens with zero attached hydrogens (tertiary/aromatic N) is 1. The van der Waals surface area contributed by atoms with E-state index in [0.29, 0.717) is 38.3 Å². The standard InChI is InChI=1S/C17H24N2O4/c1-11(2)7-16(22)19-5-3-13(4-6-19)18-17(23)12-8-14(20)10-15(21)9-12/h8-11,13,20-21H,3-7H2,1-2H3,(H,18,23). The molecule has 2 rings (SSSR count). The number of hydrogen-bond acceptors (Lipinski definition) is 4. The average Bonchev–Trinajstić information content (AvgIpc) is 2.46. The summed E-state index contributed by atoms with van der Waals surface area (Å²) in [5.74, 6) is -0.113. The molecule has 1 heterocycles. The van der Waals surface area contributed by atoms with E-state index in [-0.39, 0.29) is 34.9 Å². The quantitative estimate of drug-likeness (QED) is 0.790. The van der Waals surface area contributed by atoms with Crippen LogP contribution in [0.5, 0.6) is 11.5 Å². The first-order valence-electron chi connectivity index (χ1n) is 7.97. The molecular formula is C17H24N2O4. The molecule has 0 spiro atoms. The molecule has 0 bridgehead atoms. The number of hydrogen-bond donors (Lipinski definition) is 3. The molecule has 1 saturated heterocycles. The van der Waals surface area contributed by atoms with Crippen molar-refractivity contribution in [2.45, 2.75) is 39.2 Å². The molecule has 23 heavy (non-hydrogen) atoms. The van der Waals surface area contributed by atoms with Gasteiger partial charge in [-0.25, -0.2) is 0 Å². The zero-order valence-corrected chi connectivity index (χ0v) is 13.6. The van der Waals surface area contributed by atoms with Crippen molar-refractivity contribution in [3.63, 3.8) is 0 Å². The van der Waals surface area contributed by atoms with Gasteiger partial charge in [0.1, 0.15) is 11.5 Å². The Hall–Kier alpha value is -2.24. The first-order chi connectivity index (χ1) is 10.8. The van der Waals surface area contributed by atoms with Gasteiger partial charge >= 0.3 is 0 Å². The van der Waals surface area contributed by atoms with Crippen molar-refractivity contribution in [3.8, 4) is 11.5 Å². The van der Waals surface area contributed by atoms with Gasteiger partial charge in [-0.05, 0) is 30.9 Å². The zero-order valence-electron chi connectivity index (χ0n) is 13.6. The highest BCUT2D eigenvalue weighted by molar-refractivity contribution is 5.95. The molecule has 1 aliphatic heterocycles. The number of aromatic hydroxyl groups is 2. The molecule has 1 aromatic rings. The van der Waals surface area contributed by atoms with Crippen molar-refractivity contribution in [1.29, 1.82) is 0 Å². The van der Waals surface area contributed by atoms with Crippen LogP contribution in [0, 0.1) is 5.92 Å². The maximum Gasteiger partial charge on any atom is 0.251 e. The molecule has 1 fully saturated rings. The minimum atomic E-state index is -0.330. The number of likely N-dealkylation sites (tertiary alicyclic amines) is 1. The van der Waals surface area contributed by atoms with Gasteiger partial charge in [-0.15, -0.1) is 0 Å². The summed E-state index contributed by atoms with van der Waals surface area (Å²) in [5, 5.41) is 21.8. The van der Waals surface area contributed by atoms with Crippen molar-refractivity contribution in [2.24, 2.45) is 5.92 Å². The second kappa shape index (κ2) is 7.35. The van der Waals surface area contributed by atoms with Gasteiger partial charge < -0.3 is 20.4 Å². The highest BCUT2D eigenvalue weighted by Crippen LogP contribution is 2.21. The summed E-state index contributed by atoms with van der Waals surface area (Å²) in [6, 6.07) is 3.80. The third-order valence-electron chi connectivity index (χ3n) is 3.93. The summed E-state index contributed by atoms with van der Waals surface area (Å²) in [6.07, 6.45) is 1.97. The molecule has 6 nitrogen and oxygen atoms in total. The van der Waals surface area contributed by atoms with Gasteiger partial charge in [0.15, 0.2) is 0 Å². The summed E-state index contributed by atoms with van der Waals surface area (Å²) in [6.45, 7) is 5.33. The van der Waals surface area contributed by atoms with Crippen LogP contribution in [0.3, 0.4) is 0 Å². The lowest BCUT2D eigenvalue weighted by atomic mass is 10.0. The Morgan fingerprint density at radius 3 is 2.26 bits per heavy atom. The van der Waals surface area contributed by atoms with Crippen molar-refractivity contribution in [1.82, 2.24) is 10.2 Å². The lowest BCUT2D eigenvalue weighted by Crippen LogP contribution is -2.46. The predicted octanol–water partition coefficient (Wildman–Crippen LogP) is 1.86. The van der Waals surface area contributed by atoms with Crippen LogP contribution in [0.2, 0.25) is 0 Å². The molecule has 126 valence electrons. The predicted molar refractivity (Wildman–Crippen MR) is 86.3 cm³/mol. The number of piperidine rings is 1. The fourth-order valence-corrected chi connectivity index (χ4v) is 2.75. The molecule has 0 unspecified atom stereocenters. The molecule has 0 atom stereocenters. The number of amides is 2. The summed E-state index contributed by atoms with van der Waals surface area (Å²) in [4.78, 5) is 26.0. The van der Waals surface area contributed by atoms with E-state index in [1.165, 1.54) is 18.2 Å². The summed E-state index contributed by atoms with van der Waals surface area (Å²) in [5.41, 5.74) is 0.223. The van der Waals surface area contributed by atoms with E-state index in [2.05, 4.69) is 5.32 Å². The molecule has 1 aromatic carbocycles. The Labute approximate surface area is 136 Å². The molecule has 3 N–H and O–H groups in total. The Morgan fingerprint density at radius 1 is 1.17 bits per heavy atom. The summed E-state index contributed by atoms with van der Waals surface area (Å²) < 4.78 is 0. The van der Waals surface area contributed by atoms with Crippen LogP contribution in [0.25, 0.3) is 0 Å². The summed E-state index contributed by atoms with van der Waals surface area (Å²) >= 11 is 0. The molecule has 0 radical (unpaired) electrons. The van der Waals surface area contributed by atoms with E-state index in [1.54, 1.807) is 0 Å². The van der Waals surface area contributed by atoms with Crippen LogP contribution in [0.15, 0.2) is 18.2 Å². The monoisotopic (exact) mass is 320 g/mol. The lowest BCUT2D eigenvalue weighted by Gasteiger charge is -2.32. The number of phenols is 2. The first-order valence-corrected chi connectivity index (χ1v) is 7.97. The second-order valence-corrected chi connectivity index (χ2v) is 6.46. The van der Waals surface area contributed by atoms with Gasteiger partial charge in [0.05, 0.1) is 0 Å². The number of rotatable bonds is 4. The third-order valence-corrected chi connectivity index (χ3v) is 3.93. The SMILES string of the molecule is CC(C)CC(=O)N1CCC(NC(=O)c2cc(O)cc(O)c2)CC1. The van der Waals surface area contributed by atoms with Gasteiger partial charge in [-0.1, -0.05) is 13.8 Å². The second-order valence-electron chi connectivity index (χ2n) is 6.46. The van der Waals surface area contributed by atoms with Crippen LogP contribution in [0.4, 0.5) is 0 Å². The van der Waals surface area contributed by atoms with Crippen LogP contribution in [-0.4, -0.2) is 46.1 Å². The molecular weight excluding hydrogens is 296 g/mol. The van der Waals surface area contributed by atoms with E-state index in [4.69, 9.17) is 0 Å². The van der Waals surface area contributed by atoms with E-state index in [9.17, 15) is 19.8 Å². The molecule has 0 aromatic heterocycles. The Balaban J connectivity index is 1.86. The van der Waals surface area contributed by atoms with E-state index in [1.807, 2.05) is 18.7 Å². The van der Waals surface area contributed by atoms with Crippen molar-refractivity contribution in [3.05, 3.63) is 23.8 Å². The van der Waals surface area contributed by atoms with Crippen molar-refractivity contribution in [2.75, 3.05) is 13.1 Å². The fourth-order valence-electron chi connectivity index (χ4n) is 2.75. The number of benzene rings is 1. The molecule has 1 aliphatic rings. The maximum atomic E-state index is 12.2. The Morgan fingerprint density at radius 2 is 1.74 bits per heavy atom. The van der Waals surface area contributed by atoms with Gasteiger partial charge in [0.25, 0.3) is 5.91 Å². The maximum absolute atomic E-state index is 12.2. The van der Waals surface area contributed by atoms with Crippen LogP contribution < -0.4 is 5.32 Å². The third kappa shape index (κ3) is 4.87. The van der Waals surface area contributed by atoms with Crippen LogP contribution >= 0.6 is 0 Å². The van der Waals surface area contributed by atoms with Crippen LogP contribution in [0.1, 0.15) is 43.5 Å². The summed E-state index contributed by atoms with van der Waals surface area (Å²) in [7, 11) is 0. The van der Waals surface area contributed by atoms with Gasteiger partial charge in [-0.2, -0.15) is 0 Å². The number of carbonyl (C=O) groups is 2. The van der Waals surface area contributed by atoms with Gasteiger partial charge in [0.2, 0.25) is 5.91 Å². The Bertz CT molecular complexity index is 558. The molecule has 2 amide bonds. The fraction of sp³-hybridized carbons (Fsp3) is 0.529. The minimum absolute atomic E-state index is 0.00454. The van der Waals surface area contributed by atoms with E-state index >= 15 is 0 Å². The lowest BCUT2D eigenvalue weighted by molar-refractivity contribution is -0.133. The normalized spacial score (nSPS) is 15.7. The highest BCUT2D eigenvalue weighted by Gasteiger charge is 2.24. The van der Waals surface area contributed by atoms with Crippen molar-refractivity contribution >= 4 is 11.8 Å². The smallest absolute Gasteiger partial charge is 0.251 e. The number of nitrogens with one attached hydrogen (secondary N) is 1. The average molecular weight is 320 g/mol. The van der Waals surface area contributed by atoms with Gasteiger partial charge in [0, 0.05) is 37.2 Å². The van der Waals surface area contributed by atoms with E-state index < -0.39 is 0 Å². The van der Waals surface area contributed by atoms with Gasteiger partial charge in [-0.3, -0.25) is 9.59 Å². The largest absolute Gasteiger partial charge is 0.508 e. The van der Waals surface area contributed by atoms with Crippen molar-refractivity contribution < 1.29 is 19.8 Å². The van der Waals surface area contributed by atoms with Crippen LogP contribution in [-0.2, 0) is 4.79 Å². The zero-order chi connectivity index (χ0) is 17.0. The van der Waals surface area contributed by atoms with E-state index in [0.717, 1.165) is 0 Å². The Kier molecular flexibility index (Phi) is 5.47. The minimum Gasteiger partial charge on any atom is -0.508 e. The topological polar surface area (TPSA) is 89.9 Å². The highest BCUT2D eigenvalue weighted by atomic mass is 16.3.